The zero-order valence-electron chi connectivity index (χ0n) is 15.7. The van der Waals surface area contributed by atoms with E-state index >= 15 is 0 Å². The molecule has 1 heterocycles. The lowest BCUT2D eigenvalue weighted by atomic mass is 9.85. The summed E-state index contributed by atoms with van der Waals surface area (Å²) in [4.78, 5) is 24.6. The maximum atomic E-state index is 13.4. The van der Waals surface area contributed by atoms with Gasteiger partial charge in [0.1, 0.15) is 0 Å². The van der Waals surface area contributed by atoms with Gasteiger partial charge in [0.2, 0.25) is 11.8 Å². The van der Waals surface area contributed by atoms with Gasteiger partial charge in [-0.2, -0.15) is 0 Å². The van der Waals surface area contributed by atoms with E-state index in [4.69, 9.17) is 4.74 Å². The molecular weight excluding hydrogens is 367 g/mol. The predicted molar refractivity (Wildman–Crippen MR) is 99.0 cm³/mol. The fraction of sp³-hybridized carbons (Fsp3) is 0.600. The average molecular weight is 394 g/mol. The maximum Gasteiger partial charge on any atom is 0.224 e. The van der Waals surface area contributed by atoms with E-state index in [1.807, 2.05) is 0 Å². The summed E-state index contributed by atoms with van der Waals surface area (Å²) in [6.07, 6.45) is 2.70. The molecule has 1 saturated carbocycles. The van der Waals surface area contributed by atoms with E-state index < -0.39 is 17.7 Å². The fourth-order valence-corrected chi connectivity index (χ4v) is 3.79. The Bertz CT molecular complexity index is 706. The van der Waals surface area contributed by atoms with Gasteiger partial charge in [-0.05, 0) is 49.8 Å². The predicted octanol–water partition coefficient (Wildman–Crippen LogP) is 1.01. The van der Waals surface area contributed by atoms with Crippen molar-refractivity contribution in [3.05, 3.63) is 29.6 Å². The highest BCUT2D eigenvalue weighted by molar-refractivity contribution is 5.80. The molecule has 0 aromatic heterocycles. The minimum Gasteiger partial charge on any atom is -0.505 e. The number of rotatable bonds is 5. The van der Waals surface area contributed by atoms with E-state index in [1.165, 1.54) is 12.1 Å². The quantitative estimate of drug-likeness (QED) is 0.596. The zero-order chi connectivity index (χ0) is 20.1. The van der Waals surface area contributed by atoms with Crippen LogP contribution in [0.2, 0.25) is 0 Å². The van der Waals surface area contributed by atoms with E-state index in [2.05, 4.69) is 10.6 Å². The Balaban J connectivity index is 1.41. The third-order valence-electron chi connectivity index (χ3n) is 5.49. The smallest absolute Gasteiger partial charge is 0.224 e. The van der Waals surface area contributed by atoms with Crippen LogP contribution in [-0.4, -0.2) is 53.4 Å². The molecule has 0 radical (unpaired) electrons. The molecule has 28 heavy (non-hydrogen) atoms. The van der Waals surface area contributed by atoms with Crippen molar-refractivity contribution < 1.29 is 28.9 Å². The summed E-state index contributed by atoms with van der Waals surface area (Å²) in [6.45, 7) is 0.839. The number of carbonyl (C=O) groups is 2. The topological polar surface area (TPSA) is 108 Å². The first-order valence-corrected chi connectivity index (χ1v) is 9.75. The van der Waals surface area contributed by atoms with Gasteiger partial charge in [-0.25, -0.2) is 4.39 Å². The summed E-state index contributed by atoms with van der Waals surface area (Å²) in [5.74, 6) is -1.59. The second-order valence-electron chi connectivity index (χ2n) is 7.62. The normalized spacial score (nSPS) is 27.8. The van der Waals surface area contributed by atoms with E-state index in [-0.39, 0.29) is 36.2 Å². The van der Waals surface area contributed by atoms with Crippen molar-refractivity contribution in [2.75, 3.05) is 13.2 Å². The molecule has 8 heteroatoms. The van der Waals surface area contributed by atoms with Crippen LogP contribution in [0.15, 0.2) is 18.2 Å². The number of phenolic OH excluding ortho intramolecular Hbond substituents is 1. The van der Waals surface area contributed by atoms with Crippen LogP contribution in [0.4, 0.5) is 4.39 Å². The summed E-state index contributed by atoms with van der Waals surface area (Å²) >= 11 is 0. The highest BCUT2D eigenvalue weighted by Gasteiger charge is 2.31. The van der Waals surface area contributed by atoms with Crippen molar-refractivity contribution >= 4 is 11.8 Å². The van der Waals surface area contributed by atoms with Gasteiger partial charge < -0.3 is 25.6 Å². The Morgan fingerprint density at radius 2 is 1.89 bits per heavy atom. The Morgan fingerprint density at radius 3 is 2.57 bits per heavy atom. The molecule has 4 N–H and O–H groups in total. The van der Waals surface area contributed by atoms with Gasteiger partial charge in [-0.3, -0.25) is 9.59 Å². The molecule has 0 unspecified atom stereocenters. The summed E-state index contributed by atoms with van der Waals surface area (Å²) < 4.78 is 18.7. The number of hydrogen-bond acceptors (Lipinski definition) is 5. The maximum absolute atomic E-state index is 13.4. The Kier molecular flexibility index (Phi) is 6.85. The number of aliphatic hydroxyl groups excluding tert-OH is 1. The van der Waals surface area contributed by atoms with Crippen LogP contribution in [0, 0.1) is 11.7 Å². The molecule has 1 aromatic carbocycles. The minimum absolute atomic E-state index is 0.0119. The third kappa shape index (κ3) is 5.42. The standard InChI is InChI=1S/C20H27FN2O5/c21-15-9-12(1-6-17(15)24)10-19(26)22-14-4-2-13(3-5-14)20(27)23-16-11-28-8-7-18(16)25/h1,6,9,13-14,16,18,24-25H,2-5,7-8,10-11H2,(H,22,26)(H,23,27)/t13?,14?,16-,18+/m1/s1. The molecular formula is C20H27FN2O5. The molecule has 0 spiro atoms. The third-order valence-corrected chi connectivity index (χ3v) is 5.49. The van der Waals surface area contributed by atoms with Crippen LogP contribution in [0.1, 0.15) is 37.7 Å². The molecule has 7 nitrogen and oxygen atoms in total. The molecule has 2 atom stereocenters. The number of amides is 2. The monoisotopic (exact) mass is 394 g/mol. The first kappa shape index (κ1) is 20.5. The number of benzene rings is 1. The number of aliphatic hydroxyl groups is 1. The number of carbonyl (C=O) groups excluding carboxylic acids is 2. The summed E-state index contributed by atoms with van der Waals surface area (Å²) in [5.41, 5.74) is 0.495. The molecule has 1 aliphatic carbocycles. The molecule has 2 aliphatic rings. The van der Waals surface area contributed by atoms with Crippen LogP contribution in [-0.2, 0) is 20.7 Å². The van der Waals surface area contributed by atoms with Gasteiger partial charge in [-0.15, -0.1) is 0 Å². The van der Waals surface area contributed by atoms with Crippen molar-refractivity contribution in [2.45, 2.75) is 56.7 Å². The number of nitrogens with one attached hydrogen (secondary N) is 2. The lowest BCUT2D eigenvalue weighted by Crippen LogP contribution is -2.51. The van der Waals surface area contributed by atoms with Gasteiger partial charge in [0.25, 0.3) is 0 Å². The summed E-state index contributed by atoms with van der Waals surface area (Å²) in [6, 6.07) is 3.53. The van der Waals surface area contributed by atoms with Gasteiger partial charge in [0.15, 0.2) is 11.6 Å². The van der Waals surface area contributed by atoms with Crippen molar-refractivity contribution in [2.24, 2.45) is 5.92 Å². The van der Waals surface area contributed by atoms with Crippen LogP contribution in [0.3, 0.4) is 0 Å². The Labute approximate surface area is 163 Å². The second kappa shape index (κ2) is 9.34. The molecule has 3 rings (SSSR count). The number of ether oxygens (including phenoxy) is 1. The van der Waals surface area contributed by atoms with Crippen LogP contribution in [0.5, 0.6) is 5.75 Å². The second-order valence-corrected chi connectivity index (χ2v) is 7.62. The van der Waals surface area contributed by atoms with Crippen LogP contribution in [0.25, 0.3) is 0 Å². The zero-order valence-corrected chi connectivity index (χ0v) is 15.7. The van der Waals surface area contributed by atoms with Gasteiger partial charge in [0.05, 0.1) is 25.2 Å². The molecule has 1 aliphatic heterocycles. The van der Waals surface area contributed by atoms with Crippen molar-refractivity contribution in [1.29, 1.82) is 0 Å². The first-order valence-electron chi connectivity index (χ1n) is 9.75. The summed E-state index contributed by atoms with van der Waals surface area (Å²) in [7, 11) is 0. The first-order chi connectivity index (χ1) is 13.4. The largest absolute Gasteiger partial charge is 0.505 e. The average Bonchev–Trinajstić information content (AvgIpc) is 2.67. The van der Waals surface area contributed by atoms with Crippen LogP contribution < -0.4 is 10.6 Å². The molecule has 2 amide bonds. The number of phenols is 1. The summed E-state index contributed by atoms with van der Waals surface area (Å²) in [5, 5.41) is 24.9. The van der Waals surface area contributed by atoms with E-state index in [9.17, 15) is 24.2 Å². The highest BCUT2D eigenvalue weighted by Crippen LogP contribution is 2.25. The van der Waals surface area contributed by atoms with Crippen molar-refractivity contribution in [3.63, 3.8) is 0 Å². The molecule has 0 bridgehead atoms. The van der Waals surface area contributed by atoms with E-state index in [0.717, 1.165) is 6.07 Å². The highest BCUT2D eigenvalue weighted by atomic mass is 19.1. The minimum atomic E-state index is -0.745. The molecule has 154 valence electrons. The number of aromatic hydroxyl groups is 1. The van der Waals surface area contributed by atoms with Crippen LogP contribution >= 0.6 is 0 Å². The van der Waals surface area contributed by atoms with Crippen molar-refractivity contribution in [3.8, 4) is 5.75 Å². The fourth-order valence-electron chi connectivity index (χ4n) is 3.79. The molecule has 2 fully saturated rings. The lowest BCUT2D eigenvalue weighted by molar-refractivity contribution is -0.129. The van der Waals surface area contributed by atoms with E-state index in [1.54, 1.807) is 0 Å². The number of hydrogen-bond donors (Lipinski definition) is 4. The van der Waals surface area contributed by atoms with Crippen molar-refractivity contribution in [1.82, 2.24) is 10.6 Å². The molecule has 1 aromatic rings. The van der Waals surface area contributed by atoms with Gasteiger partial charge >= 0.3 is 0 Å². The number of halogens is 1. The van der Waals surface area contributed by atoms with Gasteiger partial charge in [0, 0.05) is 18.6 Å². The SMILES string of the molecule is O=C(Cc1ccc(O)c(F)c1)NC1CCC(C(=O)N[C@@H]2COCC[C@@H]2O)CC1. The Hall–Kier alpha value is -2.19. The van der Waals surface area contributed by atoms with Gasteiger partial charge in [-0.1, -0.05) is 6.07 Å². The molecule has 1 saturated heterocycles. The Morgan fingerprint density at radius 1 is 1.14 bits per heavy atom. The lowest BCUT2D eigenvalue weighted by Gasteiger charge is -2.32. The van der Waals surface area contributed by atoms with E-state index in [0.29, 0.717) is 50.9 Å².